The maximum absolute atomic E-state index is 14.3. The van der Waals surface area contributed by atoms with Gasteiger partial charge >= 0.3 is 0 Å². The summed E-state index contributed by atoms with van der Waals surface area (Å²) < 4.78 is 25.8. The lowest BCUT2D eigenvalue weighted by atomic mass is 9.98. The number of ketones is 1. The summed E-state index contributed by atoms with van der Waals surface area (Å²) >= 11 is 0. The van der Waals surface area contributed by atoms with Crippen LogP contribution in [0.4, 0.5) is 4.39 Å². The number of methoxy groups -OCH3 is 1. The summed E-state index contributed by atoms with van der Waals surface area (Å²) in [6, 6.07) is 23.0. The number of rotatable bonds is 8. The second-order valence-corrected chi connectivity index (χ2v) is 9.37. The third kappa shape index (κ3) is 5.17. The van der Waals surface area contributed by atoms with Gasteiger partial charge in [0.15, 0.2) is 5.78 Å². The topological polar surface area (TPSA) is 67.5 Å². The first-order chi connectivity index (χ1) is 17.5. The van der Waals surface area contributed by atoms with Crippen LogP contribution in [0.15, 0.2) is 72.8 Å². The van der Waals surface area contributed by atoms with Gasteiger partial charge in [-0.15, -0.1) is 0 Å². The van der Waals surface area contributed by atoms with E-state index in [-0.39, 0.29) is 12.2 Å². The largest absolute Gasteiger partial charge is 0.487 e. The van der Waals surface area contributed by atoms with E-state index in [1.807, 2.05) is 84.7 Å². The number of nitrogens with one attached hydrogen (secondary N) is 1. The normalized spacial score (nSPS) is 19.3. The number of ether oxygens (including phenoxy) is 2. The molecule has 186 valence electrons. The van der Waals surface area contributed by atoms with Crippen LogP contribution in [0.25, 0.3) is 22.2 Å². The lowest BCUT2D eigenvalue weighted by Gasteiger charge is -2.32. The summed E-state index contributed by atoms with van der Waals surface area (Å²) in [6.45, 7) is 1.22. The van der Waals surface area contributed by atoms with Gasteiger partial charge in [-0.3, -0.25) is 9.89 Å². The zero-order chi connectivity index (χ0) is 25.1. The number of benzene rings is 3. The molecule has 0 spiro atoms. The predicted molar refractivity (Wildman–Crippen MR) is 138 cm³/mol. The zero-order valence-corrected chi connectivity index (χ0v) is 20.5. The fraction of sp³-hybridized carbons (Fsp3) is 0.310. The van der Waals surface area contributed by atoms with Crippen LogP contribution < -0.4 is 4.74 Å². The van der Waals surface area contributed by atoms with Gasteiger partial charge in [-0.05, 0) is 61.0 Å². The van der Waals surface area contributed by atoms with Crippen molar-refractivity contribution in [2.24, 2.45) is 0 Å². The van der Waals surface area contributed by atoms with Crippen LogP contribution in [0, 0.1) is 0 Å². The number of aromatic nitrogens is 2. The van der Waals surface area contributed by atoms with Crippen molar-refractivity contribution in [2.75, 3.05) is 27.2 Å². The number of hydrogen-bond acceptors (Lipinski definition) is 5. The molecule has 1 fully saturated rings. The van der Waals surface area contributed by atoms with E-state index < -0.39 is 18.4 Å². The smallest absolute Gasteiger partial charge is 0.170 e. The van der Waals surface area contributed by atoms with E-state index in [1.54, 1.807) is 7.11 Å². The van der Waals surface area contributed by atoms with E-state index in [1.165, 1.54) is 0 Å². The molecule has 0 amide bonds. The number of likely N-dealkylation sites (tertiary alicyclic amines) is 1. The number of hydrogen-bond donors (Lipinski definition) is 1. The van der Waals surface area contributed by atoms with Crippen molar-refractivity contribution in [3.63, 3.8) is 0 Å². The molecule has 3 atom stereocenters. The lowest BCUT2D eigenvalue weighted by molar-refractivity contribution is -0.128. The molecule has 1 aliphatic heterocycles. The van der Waals surface area contributed by atoms with Gasteiger partial charge in [-0.2, -0.15) is 5.10 Å². The van der Waals surface area contributed by atoms with Crippen LogP contribution in [0.5, 0.6) is 5.75 Å². The van der Waals surface area contributed by atoms with Crippen molar-refractivity contribution in [1.82, 2.24) is 15.1 Å². The molecule has 0 radical (unpaired) electrons. The average Bonchev–Trinajstić information content (AvgIpc) is 3.30. The number of carbonyl (C=O) groups excluding carboxylic acids is 1. The highest BCUT2D eigenvalue weighted by atomic mass is 19.1. The summed E-state index contributed by atoms with van der Waals surface area (Å²) in [5.41, 5.74) is 4.33. The standard InChI is InChI=1S/C29H30FN3O3/c1-33-15-14-27(24(30)18-33)36-22-11-9-20(10-12-22)28-23-16-19(8-13-25(23)31-32-28)17-26(34)29(35-2)21-6-4-3-5-7-21/h3-13,16,24,27,29H,14-15,17-18H2,1-2H3,(H,31,32)/t24-,27+,29+/m0/s1. The second kappa shape index (κ2) is 10.6. The van der Waals surface area contributed by atoms with Crippen LogP contribution >= 0.6 is 0 Å². The van der Waals surface area contributed by atoms with Crippen LogP contribution in [-0.4, -0.2) is 60.4 Å². The maximum Gasteiger partial charge on any atom is 0.170 e. The first-order valence-electron chi connectivity index (χ1n) is 12.2. The van der Waals surface area contributed by atoms with Crippen molar-refractivity contribution in [1.29, 1.82) is 0 Å². The molecule has 0 saturated carbocycles. The Kier molecular flexibility index (Phi) is 7.11. The molecular weight excluding hydrogens is 457 g/mol. The van der Waals surface area contributed by atoms with E-state index in [4.69, 9.17) is 9.47 Å². The Hall–Kier alpha value is -3.55. The number of nitrogens with zero attached hydrogens (tertiary/aromatic N) is 2. The molecule has 36 heavy (non-hydrogen) atoms. The van der Waals surface area contributed by atoms with E-state index in [0.29, 0.717) is 18.7 Å². The Balaban J connectivity index is 1.33. The predicted octanol–water partition coefficient (Wildman–Crippen LogP) is 5.15. The molecule has 2 heterocycles. The van der Waals surface area contributed by atoms with E-state index in [0.717, 1.165) is 39.8 Å². The molecular formula is C29H30FN3O3. The molecule has 4 aromatic rings. The van der Waals surface area contributed by atoms with Gasteiger partial charge in [0.1, 0.15) is 24.1 Å². The molecule has 1 N–H and O–H groups in total. The van der Waals surface area contributed by atoms with Crippen LogP contribution in [0.3, 0.4) is 0 Å². The Labute approximate surface area is 210 Å². The fourth-order valence-corrected chi connectivity index (χ4v) is 4.80. The molecule has 1 aliphatic rings. The maximum atomic E-state index is 14.3. The molecule has 0 aliphatic carbocycles. The number of Topliss-reactive ketones (excluding diaryl/α,β-unsaturated/α-hetero) is 1. The van der Waals surface area contributed by atoms with Gasteiger partial charge in [0.25, 0.3) is 0 Å². The minimum Gasteiger partial charge on any atom is -0.487 e. The second-order valence-electron chi connectivity index (χ2n) is 9.37. The Bertz CT molecular complexity index is 1320. The van der Waals surface area contributed by atoms with Gasteiger partial charge in [-0.25, -0.2) is 4.39 Å². The fourth-order valence-electron chi connectivity index (χ4n) is 4.80. The molecule has 0 unspecified atom stereocenters. The summed E-state index contributed by atoms with van der Waals surface area (Å²) in [5.74, 6) is 0.642. The summed E-state index contributed by atoms with van der Waals surface area (Å²) in [7, 11) is 3.48. The van der Waals surface area contributed by atoms with E-state index in [2.05, 4.69) is 10.2 Å². The number of piperidine rings is 1. The van der Waals surface area contributed by atoms with Crippen LogP contribution in [0.2, 0.25) is 0 Å². The SMILES string of the molecule is CO[C@@H](C(=O)Cc1ccc2[nH]nc(-c3ccc(O[C@@H]4CCN(C)C[C@@H]4F)cc3)c2c1)c1ccccc1. The Morgan fingerprint density at radius 2 is 1.92 bits per heavy atom. The Morgan fingerprint density at radius 1 is 1.14 bits per heavy atom. The monoisotopic (exact) mass is 487 g/mol. The van der Waals surface area contributed by atoms with Gasteiger partial charge in [0.05, 0.1) is 11.2 Å². The van der Waals surface area contributed by atoms with Gasteiger partial charge in [-0.1, -0.05) is 36.4 Å². The molecule has 5 rings (SSSR count). The first-order valence-corrected chi connectivity index (χ1v) is 12.2. The molecule has 3 aromatic carbocycles. The molecule has 1 saturated heterocycles. The van der Waals surface area contributed by atoms with Crippen LogP contribution in [0.1, 0.15) is 23.7 Å². The third-order valence-electron chi connectivity index (χ3n) is 6.74. The number of aromatic amines is 1. The highest BCUT2D eigenvalue weighted by Crippen LogP contribution is 2.30. The van der Waals surface area contributed by atoms with Crippen molar-refractivity contribution < 1.29 is 18.7 Å². The highest BCUT2D eigenvalue weighted by Gasteiger charge is 2.29. The summed E-state index contributed by atoms with van der Waals surface area (Å²) in [5, 5.41) is 8.51. The number of carbonyl (C=O) groups is 1. The molecule has 6 nitrogen and oxygen atoms in total. The van der Waals surface area contributed by atoms with E-state index >= 15 is 0 Å². The van der Waals surface area contributed by atoms with Crippen molar-refractivity contribution in [3.8, 4) is 17.0 Å². The zero-order valence-electron chi connectivity index (χ0n) is 20.5. The molecule has 0 bridgehead atoms. The first kappa shape index (κ1) is 24.2. The summed E-state index contributed by atoms with van der Waals surface area (Å²) in [6.07, 6.45) is -1.11. The molecule has 1 aromatic heterocycles. The number of alkyl halides is 1. The van der Waals surface area contributed by atoms with Crippen molar-refractivity contribution in [2.45, 2.75) is 31.2 Å². The molecule has 7 heteroatoms. The summed E-state index contributed by atoms with van der Waals surface area (Å²) in [4.78, 5) is 15.0. The van der Waals surface area contributed by atoms with Crippen LogP contribution in [-0.2, 0) is 16.0 Å². The van der Waals surface area contributed by atoms with Gasteiger partial charge < -0.3 is 14.4 Å². The van der Waals surface area contributed by atoms with Crippen molar-refractivity contribution in [3.05, 3.63) is 83.9 Å². The quantitative estimate of drug-likeness (QED) is 0.372. The Morgan fingerprint density at radius 3 is 2.64 bits per heavy atom. The number of H-pyrrole nitrogens is 1. The lowest BCUT2D eigenvalue weighted by Crippen LogP contribution is -2.45. The van der Waals surface area contributed by atoms with Crippen molar-refractivity contribution >= 4 is 16.7 Å². The minimum absolute atomic E-state index is 0.00494. The van der Waals surface area contributed by atoms with E-state index in [9.17, 15) is 9.18 Å². The third-order valence-corrected chi connectivity index (χ3v) is 6.74. The number of fused-ring (bicyclic) bond motifs is 1. The number of halogens is 1. The average molecular weight is 488 g/mol. The van der Waals surface area contributed by atoms with Gasteiger partial charge in [0.2, 0.25) is 0 Å². The highest BCUT2D eigenvalue weighted by molar-refractivity contribution is 5.94. The minimum atomic E-state index is -1.00. The van der Waals surface area contributed by atoms with Gasteiger partial charge in [0, 0.05) is 37.6 Å².